The van der Waals surface area contributed by atoms with Gasteiger partial charge in [0.1, 0.15) is 5.75 Å². The van der Waals surface area contributed by atoms with Gasteiger partial charge in [-0.2, -0.15) is 0 Å². The minimum atomic E-state index is -0.783. The van der Waals surface area contributed by atoms with Crippen LogP contribution in [0.1, 0.15) is 37.7 Å². The zero-order valence-electron chi connectivity index (χ0n) is 11.1. The summed E-state index contributed by atoms with van der Waals surface area (Å²) in [5.74, 6) is -0.114. The standard InChI is InChI=1S/C14H20N2O2.ClH/c1-10-5-6-12(17)11(9-10)16-13(18)14(15)7-3-2-4-8-14;/h5-6,9,17H,2-4,7-8,15H2,1H3,(H,16,18);1H. The van der Waals surface area contributed by atoms with Crippen molar-refractivity contribution in [2.45, 2.75) is 44.6 Å². The molecule has 1 aromatic rings. The molecule has 0 bridgehead atoms. The summed E-state index contributed by atoms with van der Waals surface area (Å²) >= 11 is 0. The molecule has 0 aliphatic heterocycles. The van der Waals surface area contributed by atoms with Crippen LogP contribution in [0.3, 0.4) is 0 Å². The number of rotatable bonds is 2. The van der Waals surface area contributed by atoms with Crippen LogP contribution >= 0.6 is 12.4 Å². The van der Waals surface area contributed by atoms with E-state index in [0.717, 1.165) is 24.8 Å². The van der Waals surface area contributed by atoms with E-state index in [1.165, 1.54) is 0 Å². The molecule has 1 aliphatic carbocycles. The molecule has 19 heavy (non-hydrogen) atoms. The molecule has 106 valence electrons. The summed E-state index contributed by atoms with van der Waals surface area (Å²) in [6.07, 6.45) is 4.55. The van der Waals surface area contributed by atoms with Crippen molar-refractivity contribution in [2.75, 3.05) is 5.32 Å². The molecule has 4 nitrogen and oxygen atoms in total. The maximum atomic E-state index is 12.2. The Kier molecular flexibility index (Phi) is 5.20. The predicted octanol–water partition coefficient (Wildman–Crippen LogP) is 2.72. The Morgan fingerprint density at radius 1 is 1.32 bits per heavy atom. The topological polar surface area (TPSA) is 75.3 Å². The Bertz CT molecular complexity index is 457. The molecule has 1 aliphatic rings. The summed E-state index contributed by atoms with van der Waals surface area (Å²) in [6, 6.07) is 5.12. The monoisotopic (exact) mass is 284 g/mol. The van der Waals surface area contributed by atoms with Gasteiger partial charge >= 0.3 is 0 Å². The summed E-state index contributed by atoms with van der Waals surface area (Å²) < 4.78 is 0. The van der Waals surface area contributed by atoms with Crippen LogP contribution in [-0.4, -0.2) is 16.6 Å². The van der Waals surface area contributed by atoms with Gasteiger partial charge in [0.15, 0.2) is 0 Å². The Labute approximate surface area is 119 Å². The van der Waals surface area contributed by atoms with Gasteiger partial charge in [0.2, 0.25) is 5.91 Å². The number of phenols is 1. The number of nitrogens with one attached hydrogen (secondary N) is 1. The molecule has 5 heteroatoms. The van der Waals surface area contributed by atoms with Gasteiger partial charge < -0.3 is 16.2 Å². The summed E-state index contributed by atoms with van der Waals surface area (Å²) in [5.41, 5.74) is 6.79. The molecule has 0 heterocycles. The summed E-state index contributed by atoms with van der Waals surface area (Å²) in [5, 5.41) is 12.5. The van der Waals surface area contributed by atoms with Crippen molar-refractivity contribution in [1.29, 1.82) is 0 Å². The summed E-state index contributed by atoms with van der Waals surface area (Å²) in [7, 11) is 0. The number of carbonyl (C=O) groups excluding carboxylic acids is 1. The number of carbonyl (C=O) groups is 1. The molecule has 1 amide bonds. The SMILES string of the molecule is Cc1ccc(O)c(NC(=O)C2(N)CCCCC2)c1.Cl. The van der Waals surface area contributed by atoms with Crippen molar-refractivity contribution < 1.29 is 9.90 Å². The van der Waals surface area contributed by atoms with E-state index in [0.29, 0.717) is 18.5 Å². The number of phenolic OH excluding ortho intramolecular Hbond substituents is 1. The molecule has 1 aromatic carbocycles. The second kappa shape index (κ2) is 6.26. The number of hydrogen-bond donors (Lipinski definition) is 3. The van der Waals surface area contributed by atoms with Crippen molar-refractivity contribution in [3.8, 4) is 5.75 Å². The minimum absolute atomic E-state index is 0. The fourth-order valence-corrected chi connectivity index (χ4v) is 2.41. The average Bonchev–Trinajstić information content (AvgIpc) is 2.35. The number of benzene rings is 1. The molecule has 4 N–H and O–H groups in total. The van der Waals surface area contributed by atoms with E-state index in [-0.39, 0.29) is 24.1 Å². The Morgan fingerprint density at radius 3 is 2.58 bits per heavy atom. The van der Waals surface area contributed by atoms with Gasteiger partial charge in [-0.15, -0.1) is 12.4 Å². The van der Waals surface area contributed by atoms with Crippen LogP contribution in [0.4, 0.5) is 5.69 Å². The third-order valence-corrected chi connectivity index (χ3v) is 3.60. The van der Waals surface area contributed by atoms with Gasteiger partial charge in [-0.05, 0) is 37.5 Å². The highest BCUT2D eigenvalue weighted by Gasteiger charge is 2.35. The first-order valence-corrected chi connectivity index (χ1v) is 6.41. The molecular weight excluding hydrogens is 264 g/mol. The van der Waals surface area contributed by atoms with E-state index >= 15 is 0 Å². The zero-order chi connectivity index (χ0) is 13.2. The molecule has 1 fully saturated rings. The molecular formula is C14H21ClN2O2. The third kappa shape index (κ3) is 3.61. The maximum Gasteiger partial charge on any atom is 0.244 e. The van der Waals surface area contributed by atoms with Gasteiger partial charge in [0, 0.05) is 0 Å². The van der Waals surface area contributed by atoms with Crippen LogP contribution in [0.25, 0.3) is 0 Å². The van der Waals surface area contributed by atoms with Crippen LogP contribution < -0.4 is 11.1 Å². The van der Waals surface area contributed by atoms with Gasteiger partial charge in [-0.3, -0.25) is 4.79 Å². The van der Waals surface area contributed by atoms with E-state index in [1.54, 1.807) is 18.2 Å². The van der Waals surface area contributed by atoms with Crippen molar-refractivity contribution >= 4 is 24.0 Å². The fourth-order valence-electron chi connectivity index (χ4n) is 2.41. The first kappa shape index (κ1) is 15.8. The second-order valence-corrected chi connectivity index (χ2v) is 5.19. The van der Waals surface area contributed by atoms with E-state index in [2.05, 4.69) is 5.32 Å². The quantitative estimate of drug-likeness (QED) is 0.731. The number of halogens is 1. The molecule has 0 radical (unpaired) electrons. The molecule has 0 spiro atoms. The predicted molar refractivity (Wildman–Crippen MR) is 78.7 cm³/mol. The van der Waals surface area contributed by atoms with Gasteiger partial charge in [0.05, 0.1) is 11.2 Å². The number of amides is 1. The minimum Gasteiger partial charge on any atom is -0.506 e. The molecule has 0 saturated heterocycles. The van der Waals surface area contributed by atoms with Crippen molar-refractivity contribution in [1.82, 2.24) is 0 Å². The highest BCUT2D eigenvalue weighted by atomic mass is 35.5. The number of anilines is 1. The number of nitrogens with two attached hydrogens (primary N) is 1. The molecule has 2 rings (SSSR count). The summed E-state index contributed by atoms with van der Waals surface area (Å²) in [4.78, 5) is 12.2. The normalized spacial score (nSPS) is 17.4. The lowest BCUT2D eigenvalue weighted by atomic mass is 9.82. The Balaban J connectivity index is 0.00000180. The largest absolute Gasteiger partial charge is 0.506 e. The molecule has 0 unspecified atom stereocenters. The fraction of sp³-hybridized carbons (Fsp3) is 0.500. The molecule has 1 saturated carbocycles. The number of hydrogen-bond acceptors (Lipinski definition) is 3. The van der Waals surface area contributed by atoms with Crippen LogP contribution in [-0.2, 0) is 4.79 Å². The van der Waals surface area contributed by atoms with E-state index in [4.69, 9.17) is 5.73 Å². The van der Waals surface area contributed by atoms with Gasteiger partial charge in [-0.25, -0.2) is 0 Å². The molecule has 0 atom stereocenters. The first-order valence-electron chi connectivity index (χ1n) is 6.41. The number of aryl methyl sites for hydroxylation is 1. The third-order valence-electron chi connectivity index (χ3n) is 3.60. The van der Waals surface area contributed by atoms with E-state index < -0.39 is 5.54 Å². The highest BCUT2D eigenvalue weighted by molar-refractivity contribution is 5.99. The smallest absolute Gasteiger partial charge is 0.244 e. The second-order valence-electron chi connectivity index (χ2n) is 5.19. The van der Waals surface area contributed by atoms with Gasteiger partial charge in [0.25, 0.3) is 0 Å². The Hall–Kier alpha value is -1.26. The lowest BCUT2D eigenvalue weighted by molar-refractivity contribution is -0.122. The maximum absolute atomic E-state index is 12.2. The zero-order valence-corrected chi connectivity index (χ0v) is 11.9. The Morgan fingerprint density at radius 2 is 1.95 bits per heavy atom. The lowest BCUT2D eigenvalue weighted by Crippen LogP contribution is -2.52. The van der Waals surface area contributed by atoms with Crippen LogP contribution in [0.5, 0.6) is 5.75 Å². The van der Waals surface area contributed by atoms with E-state index in [1.807, 2.05) is 6.92 Å². The van der Waals surface area contributed by atoms with Crippen LogP contribution in [0, 0.1) is 6.92 Å². The van der Waals surface area contributed by atoms with Crippen molar-refractivity contribution in [2.24, 2.45) is 5.73 Å². The van der Waals surface area contributed by atoms with Crippen LogP contribution in [0.15, 0.2) is 18.2 Å². The van der Waals surface area contributed by atoms with E-state index in [9.17, 15) is 9.90 Å². The van der Waals surface area contributed by atoms with Gasteiger partial charge in [-0.1, -0.05) is 25.3 Å². The number of aromatic hydroxyl groups is 1. The molecule has 0 aromatic heterocycles. The van der Waals surface area contributed by atoms with Crippen LogP contribution in [0.2, 0.25) is 0 Å². The van der Waals surface area contributed by atoms with Crippen molar-refractivity contribution in [3.05, 3.63) is 23.8 Å². The van der Waals surface area contributed by atoms with Crippen molar-refractivity contribution in [3.63, 3.8) is 0 Å². The summed E-state index contributed by atoms with van der Waals surface area (Å²) in [6.45, 7) is 1.91. The lowest BCUT2D eigenvalue weighted by Gasteiger charge is -2.31. The average molecular weight is 285 g/mol. The highest BCUT2D eigenvalue weighted by Crippen LogP contribution is 2.29. The first-order chi connectivity index (χ1) is 8.51.